The number of Topliss-reactive ketones (excluding diaryl/α,β-unsaturated/α-hetero) is 2. The van der Waals surface area contributed by atoms with Crippen LogP contribution in [0.15, 0.2) is 52.9 Å². The van der Waals surface area contributed by atoms with Crippen LogP contribution in [0.25, 0.3) is 0 Å². The maximum Gasteiger partial charge on any atom is 1.00 e. The van der Waals surface area contributed by atoms with Gasteiger partial charge in [0.05, 0.1) is 13.1 Å². The summed E-state index contributed by atoms with van der Waals surface area (Å²) < 4.78 is 3.54. The minimum absolute atomic E-state index is 0. The Hall–Kier alpha value is -0.0373. The molecule has 0 spiro atoms. The number of anilines is 2. The van der Waals surface area contributed by atoms with Crippen molar-refractivity contribution in [2.45, 2.75) is 88.4 Å². The smallest absolute Gasteiger partial charge is 1.00 e. The molecule has 4 saturated heterocycles. The van der Waals surface area contributed by atoms with E-state index in [-0.39, 0.29) is 133 Å². The van der Waals surface area contributed by atoms with Crippen molar-refractivity contribution in [2.24, 2.45) is 4.36 Å². The zero-order chi connectivity index (χ0) is 42.6. The van der Waals surface area contributed by atoms with Gasteiger partial charge in [0.15, 0.2) is 0 Å². The first-order valence-corrected chi connectivity index (χ1v) is 23.8. The second-order valence-corrected chi connectivity index (χ2v) is 19.3. The average molecular weight is 1010 g/mol. The molecule has 5 heterocycles. The van der Waals surface area contributed by atoms with Crippen LogP contribution in [0, 0.1) is 11.5 Å². The summed E-state index contributed by atoms with van der Waals surface area (Å²) in [6, 6.07) is 18.1. The third kappa shape index (κ3) is 21.3. The van der Waals surface area contributed by atoms with E-state index in [4.69, 9.17) is 44.2 Å². The van der Waals surface area contributed by atoms with Crippen molar-refractivity contribution in [3.05, 3.63) is 69.7 Å². The fourth-order valence-corrected chi connectivity index (χ4v) is 8.69. The molecule has 0 amide bonds. The minimum Gasteiger partial charge on any atom is -1.00 e. The predicted octanol–water partition coefficient (Wildman–Crippen LogP) is -0.893. The van der Waals surface area contributed by atoms with Crippen LogP contribution in [-0.4, -0.2) is 119 Å². The molecule has 3 atom stereocenters. The molecule has 3 unspecified atom stereocenters. The first-order valence-electron chi connectivity index (χ1n) is 19.7. The number of benzene rings is 2. The summed E-state index contributed by atoms with van der Waals surface area (Å²) in [4.78, 5) is 46.6. The summed E-state index contributed by atoms with van der Waals surface area (Å²) in [6.07, 6.45) is 15.2. The van der Waals surface area contributed by atoms with Crippen molar-refractivity contribution in [1.29, 1.82) is 5.26 Å². The molecule has 15 nitrogen and oxygen atoms in total. The number of nitrogen functional groups attached to an aromatic ring is 1. The van der Waals surface area contributed by atoms with Gasteiger partial charge in [0.1, 0.15) is 11.6 Å². The van der Waals surface area contributed by atoms with Gasteiger partial charge in [-0.15, -0.1) is 21.9 Å². The number of hydrogen-bond donors (Lipinski definition) is 3. The zero-order valence-corrected chi connectivity index (χ0v) is 46.3. The largest absolute Gasteiger partial charge is 1.00 e. The summed E-state index contributed by atoms with van der Waals surface area (Å²) in [7, 11) is 1.49. The van der Waals surface area contributed by atoms with Gasteiger partial charge < -0.3 is 27.5 Å². The van der Waals surface area contributed by atoms with Crippen molar-refractivity contribution in [3.63, 3.8) is 0 Å². The number of nitrogens with one attached hydrogen (secondary N) is 2. The molecule has 4 aliphatic rings. The third-order valence-electron chi connectivity index (χ3n) is 10.9. The monoisotopic (exact) mass is 1000 g/mol. The Balaban J connectivity index is 0.000000954. The van der Waals surface area contributed by atoms with E-state index in [2.05, 4.69) is 68.7 Å². The number of nitrogens with zero attached hydrogens (tertiary/aromatic N) is 7. The number of halogens is 3. The van der Waals surface area contributed by atoms with Crippen LogP contribution in [-0.2, 0) is 41.8 Å². The maximum atomic E-state index is 12.1. The molecular weight excluding hydrogens is 949 g/mol. The number of likely N-dealkylation sites (tertiary alicyclic amines) is 2. The molecule has 0 saturated carbocycles. The molecule has 7 rings (SSSR count). The van der Waals surface area contributed by atoms with Gasteiger partial charge in [-0.1, -0.05) is 58.3 Å². The first-order chi connectivity index (χ1) is 28.5. The van der Waals surface area contributed by atoms with Gasteiger partial charge in [0, 0.05) is 66.4 Å². The Labute approximate surface area is 474 Å². The Kier molecular flexibility index (Phi) is 32.3. The molecule has 2 aromatic carbocycles. The Bertz CT molecular complexity index is 1840. The number of aromatic nitrogens is 3. The second-order valence-electron chi connectivity index (χ2n) is 14.7. The van der Waals surface area contributed by atoms with Gasteiger partial charge in [-0.25, -0.2) is 5.10 Å². The number of hydrogen-bond acceptors (Lipinski definition) is 15. The molecule has 4 aliphatic heterocycles. The summed E-state index contributed by atoms with van der Waals surface area (Å²) in [5, 5.41) is 28.2. The van der Waals surface area contributed by atoms with Gasteiger partial charge in [0.2, 0.25) is 18.1 Å². The number of nitrogens with two attached hydrogens (primary N) is 1. The van der Waals surface area contributed by atoms with E-state index in [1.165, 1.54) is 11.1 Å². The molecule has 62 heavy (non-hydrogen) atoms. The van der Waals surface area contributed by atoms with Crippen LogP contribution in [0.2, 0.25) is 10.0 Å². The van der Waals surface area contributed by atoms with Crippen LogP contribution < -0.4 is 124 Å². The fraction of sp³-hybridized carbons (Fsp3) is 0.550. The number of carbonyl (C=O) groups is 3. The van der Waals surface area contributed by atoms with Gasteiger partial charge >= 0.3 is 103 Å². The van der Waals surface area contributed by atoms with Gasteiger partial charge in [-0.05, 0) is 116 Å². The Morgan fingerprint density at radius 3 is 1.74 bits per heavy atom. The summed E-state index contributed by atoms with van der Waals surface area (Å²) >= 11 is 12.0. The topological polar surface area (TPSA) is 209 Å². The number of carbonyl (C=O) groups excluding carboxylic acids is 3. The van der Waals surface area contributed by atoms with E-state index in [0.29, 0.717) is 67.1 Å². The van der Waals surface area contributed by atoms with E-state index in [9.17, 15) is 9.59 Å². The van der Waals surface area contributed by atoms with Gasteiger partial charge in [-0.3, -0.25) is 24.2 Å². The molecule has 4 N–H and O–H groups in total. The van der Waals surface area contributed by atoms with Crippen molar-refractivity contribution >= 4 is 86.1 Å². The number of nitriles is 1. The van der Waals surface area contributed by atoms with E-state index in [1.54, 1.807) is 17.0 Å². The standard InChI is InChI=1S/C19H25ClN6O.C17H23ClN2O.C3H6N2S2.CH2O3.ClH.2K.H/c20-14-3-1-13(2-4-14)11-16-5-6-17(27)12-26(16)15-7-9-25(10-8-15)19-22-18(21)23-24-19;18-14-3-1-13(2-4-14)11-16-5-6-17(21)12-20(16)15-7-9-19-10-8-15;1-6-7(2)5-3-4;2-1-4-3;;;;/h1-4,15-16H,5-12H2,(H3,21,22,23,24);1-4,15-16,19H,5-12H2;1-2H3;1,3H;1H;;;/q;;;;;2*+1;-1/p-1. The minimum atomic E-state index is -0.181. The van der Waals surface area contributed by atoms with Crippen LogP contribution in [0.4, 0.5) is 11.9 Å². The number of ketones is 2. The fourth-order valence-electron chi connectivity index (χ4n) is 7.93. The van der Waals surface area contributed by atoms with Crippen molar-refractivity contribution < 1.29 is 129 Å². The molecule has 0 aliphatic carbocycles. The maximum absolute atomic E-state index is 12.1. The van der Waals surface area contributed by atoms with E-state index in [1.807, 2.05) is 36.8 Å². The second kappa shape index (κ2) is 33.4. The van der Waals surface area contributed by atoms with Crippen molar-refractivity contribution in [1.82, 2.24) is 30.3 Å². The molecule has 1 aromatic heterocycles. The Morgan fingerprint density at radius 1 is 0.919 bits per heavy atom. The quantitative estimate of drug-likeness (QED) is 0.0594. The molecule has 0 bridgehead atoms. The van der Waals surface area contributed by atoms with Crippen LogP contribution in [0.3, 0.4) is 0 Å². The van der Waals surface area contributed by atoms with Crippen LogP contribution >= 0.6 is 46.4 Å². The summed E-state index contributed by atoms with van der Waals surface area (Å²) in [6.45, 7) is 4.92. The Morgan fingerprint density at radius 2 is 1.37 bits per heavy atom. The number of aromatic amines is 1. The predicted molar refractivity (Wildman–Crippen MR) is 242 cm³/mol. The van der Waals surface area contributed by atoms with E-state index < -0.39 is 0 Å². The molecule has 22 heteroatoms. The third-order valence-corrected chi connectivity index (χ3v) is 13.9. The molecule has 0 radical (unpaired) electrons. The summed E-state index contributed by atoms with van der Waals surface area (Å²) in [5.74, 6) is 1.77. The molecular formula is C40H57Cl3K2N10O5S2. The number of rotatable bonds is 9. The average Bonchev–Trinajstić information content (AvgIpc) is 3.70. The zero-order valence-electron chi connectivity index (χ0n) is 37.0. The van der Waals surface area contributed by atoms with Crippen LogP contribution in [0.5, 0.6) is 0 Å². The number of H-pyrrole nitrogens is 1. The first kappa shape index (κ1) is 60.0. The van der Waals surface area contributed by atoms with Gasteiger partial charge in [0.25, 0.3) is 6.47 Å². The van der Waals surface area contributed by atoms with Crippen molar-refractivity contribution in [2.75, 3.05) is 62.4 Å². The van der Waals surface area contributed by atoms with E-state index in [0.717, 1.165) is 94.0 Å². The van der Waals surface area contributed by atoms with Crippen molar-refractivity contribution in [3.8, 4) is 6.19 Å². The molecule has 3 aromatic rings. The van der Waals surface area contributed by atoms with E-state index >= 15 is 0 Å². The number of piperidine rings is 4. The van der Waals surface area contributed by atoms with Gasteiger partial charge in [-0.2, -0.15) is 10.2 Å². The van der Waals surface area contributed by atoms with Crippen LogP contribution in [0.1, 0.15) is 63.9 Å². The molecule has 4 fully saturated rings. The molecule has 332 valence electrons. The summed E-state index contributed by atoms with van der Waals surface area (Å²) in [5.41, 5.74) is 8.23. The normalized spacial score (nSPS) is 20.1. The SMILES string of the molecule is CSS(C)=NC#N.Cl.Nc1nc(N2CCC(N3CC(=O)CCC3Cc3ccc(Cl)cc3)CC2)n[nH]1.O=C1CCC(Cc2ccc(Cl)cc2)N(C2CCNCC2)C1.O=CO[O-].[H-].[K+].[K+].